The van der Waals surface area contributed by atoms with Crippen molar-refractivity contribution in [3.8, 4) is 0 Å². The van der Waals surface area contributed by atoms with Crippen LogP contribution < -0.4 is 15.5 Å². The molecule has 0 aromatic heterocycles. The monoisotopic (exact) mass is 477 g/mol. The topological polar surface area (TPSA) is 134 Å². The number of hydroxylamine groups is 1. The van der Waals surface area contributed by atoms with E-state index in [-0.39, 0.29) is 33.6 Å². The Labute approximate surface area is 197 Å². The molecule has 174 valence electrons. The molecule has 34 heavy (non-hydrogen) atoms. The third-order valence-corrected chi connectivity index (χ3v) is 8.06. The predicted octanol–water partition coefficient (Wildman–Crippen LogP) is 2.58. The predicted molar refractivity (Wildman–Crippen MR) is 128 cm³/mol. The number of ketones is 2. The number of anilines is 3. The van der Waals surface area contributed by atoms with Gasteiger partial charge in [-0.3, -0.25) is 14.1 Å². The molecule has 1 fully saturated rings. The maximum absolute atomic E-state index is 13.5. The molecule has 8 nitrogen and oxygen atoms in total. The van der Waals surface area contributed by atoms with E-state index in [1.807, 2.05) is 25.1 Å². The molecule has 0 aliphatic heterocycles. The first-order valence-electron chi connectivity index (χ1n) is 11.0. The number of carbonyl (C=O) groups excluding carboxylic acids is 2. The molecule has 0 radical (unpaired) electrons. The van der Waals surface area contributed by atoms with Gasteiger partial charge < -0.3 is 16.3 Å². The van der Waals surface area contributed by atoms with Gasteiger partial charge in [0.15, 0.2) is 11.6 Å². The summed E-state index contributed by atoms with van der Waals surface area (Å²) in [5.74, 6) is -0.993. The van der Waals surface area contributed by atoms with Crippen LogP contribution in [0.2, 0.25) is 0 Å². The van der Waals surface area contributed by atoms with Crippen LogP contribution in [0.15, 0.2) is 59.5 Å². The van der Waals surface area contributed by atoms with E-state index in [1.54, 1.807) is 24.3 Å². The minimum Gasteiger partial charge on any atom is -0.618 e. The molecule has 4 N–H and O–H groups in total. The van der Waals surface area contributed by atoms with E-state index in [1.165, 1.54) is 12.1 Å². The molecule has 0 spiro atoms. The third-order valence-electron chi connectivity index (χ3n) is 6.28. The smallest absolute Gasteiger partial charge is 0.327 e. The normalized spacial score (nSPS) is 16.1. The van der Waals surface area contributed by atoms with E-state index in [0.29, 0.717) is 18.5 Å². The van der Waals surface area contributed by atoms with Crippen molar-refractivity contribution in [2.45, 2.75) is 37.1 Å². The standard InChI is InChI=1S/C25H23N3O5S/c1-2-14-6-5-7-15(12-14)27-19-13-20(34(32,33)28(31)16-10-11-16)23(26)22-21(19)24(29)17-8-3-4-9-18(17)25(22)30/h3-9,12-13,16,27-28H,2,10-11,26H2,1H3. The first-order chi connectivity index (χ1) is 16.2. The Bertz CT molecular complexity index is 1460. The van der Waals surface area contributed by atoms with Crippen molar-refractivity contribution >= 4 is 38.7 Å². The van der Waals surface area contributed by atoms with Crippen LogP contribution in [0.1, 0.15) is 57.2 Å². The molecule has 0 saturated heterocycles. The zero-order chi connectivity index (χ0) is 24.2. The van der Waals surface area contributed by atoms with E-state index < -0.39 is 37.0 Å². The molecular weight excluding hydrogens is 454 g/mol. The number of rotatable bonds is 6. The van der Waals surface area contributed by atoms with Crippen LogP contribution in [0.5, 0.6) is 0 Å². The molecule has 1 atom stereocenters. The molecule has 9 heteroatoms. The highest BCUT2D eigenvalue weighted by molar-refractivity contribution is 7.85. The number of nitrogens with one attached hydrogen (secondary N) is 2. The zero-order valence-corrected chi connectivity index (χ0v) is 19.2. The molecule has 2 aliphatic carbocycles. The van der Waals surface area contributed by atoms with Crippen LogP contribution in [-0.4, -0.2) is 26.0 Å². The molecule has 0 heterocycles. The number of sulfonamides is 1. The number of fused-ring (bicyclic) bond motifs is 2. The van der Waals surface area contributed by atoms with E-state index in [0.717, 1.165) is 12.0 Å². The number of nitrogens with two attached hydrogens (primary N) is 1. The van der Waals surface area contributed by atoms with Crippen LogP contribution in [0.4, 0.5) is 17.1 Å². The Morgan fingerprint density at radius 3 is 2.26 bits per heavy atom. The van der Waals surface area contributed by atoms with Crippen molar-refractivity contribution < 1.29 is 22.5 Å². The van der Waals surface area contributed by atoms with Crippen molar-refractivity contribution in [3.63, 3.8) is 0 Å². The fourth-order valence-electron chi connectivity index (χ4n) is 4.29. The minimum absolute atomic E-state index is 0.000854. The van der Waals surface area contributed by atoms with Gasteiger partial charge in [0, 0.05) is 29.7 Å². The number of quaternary nitrogens is 1. The minimum atomic E-state index is -4.45. The fourth-order valence-corrected chi connectivity index (χ4v) is 5.84. The Morgan fingerprint density at radius 2 is 1.65 bits per heavy atom. The number of aryl methyl sites for hydroxylation is 1. The molecule has 0 amide bonds. The molecule has 1 unspecified atom stereocenters. The Hall–Kier alpha value is -3.53. The number of hydrogen-bond donors (Lipinski definition) is 3. The Kier molecular flexibility index (Phi) is 5.27. The highest BCUT2D eigenvalue weighted by Crippen LogP contribution is 2.40. The van der Waals surface area contributed by atoms with Crippen molar-refractivity contribution in [1.29, 1.82) is 0 Å². The van der Waals surface area contributed by atoms with Crippen molar-refractivity contribution in [2.24, 2.45) is 0 Å². The fraction of sp³-hybridized carbons (Fsp3) is 0.200. The van der Waals surface area contributed by atoms with E-state index in [2.05, 4.69) is 5.32 Å². The van der Waals surface area contributed by atoms with E-state index in [4.69, 9.17) is 5.73 Å². The number of hydrogen-bond acceptors (Lipinski definition) is 7. The number of benzene rings is 3. The zero-order valence-electron chi connectivity index (χ0n) is 18.4. The second-order valence-electron chi connectivity index (χ2n) is 8.57. The van der Waals surface area contributed by atoms with Gasteiger partial charge >= 0.3 is 10.0 Å². The summed E-state index contributed by atoms with van der Waals surface area (Å²) in [6.45, 7) is 2.00. The van der Waals surface area contributed by atoms with Crippen LogP contribution >= 0.6 is 0 Å². The highest BCUT2D eigenvalue weighted by Gasteiger charge is 2.42. The highest BCUT2D eigenvalue weighted by atomic mass is 32.2. The van der Waals surface area contributed by atoms with Gasteiger partial charge in [0.2, 0.25) is 0 Å². The molecule has 2 aliphatic rings. The molecule has 5 rings (SSSR count). The summed E-state index contributed by atoms with van der Waals surface area (Å²) in [6.07, 6.45) is 1.78. The summed E-state index contributed by atoms with van der Waals surface area (Å²) in [5, 5.41) is 15.7. The van der Waals surface area contributed by atoms with Crippen molar-refractivity contribution in [3.05, 3.63) is 87.6 Å². The lowest BCUT2D eigenvalue weighted by atomic mass is 9.82. The first kappa shape index (κ1) is 22.3. The van der Waals surface area contributed by atoms with Gasteiger partial charge in [-0.05, 0) is 30.2 Å². The maximum Gasteiger partial charge on any atom is 0.327 e. The lowest BCUT2D eigenvalue weighted by Gasteiger charge is -2.26. The summed E-state index contributed by atoms with van der Waals surface area (Å²) in [7, 11) is -4.45. The Morgan fingerprint density at radius 1 is 1.00 bits per heavy atom. The van der Waals surface area contributed by atoms with Gasteiger partial charge in [-0.1, -0.05) is 43.3 Å². The summed E-state index contributed by atoms with van der Waals surface area (Å²) in [6, 6.07) is 14.4. The van der Waals surface area contributed by atoms with Gasteiger partial charge in [-0.15, -0.1) is 0 Å². The summed E-state index contributed by atoms with van der Waals surface area (Å²) >= 11 is 0. The molecular formula is C25H23N3O5S. The first-order valence-corrected chi connectivity index (χ1v) is 12.5. The summed E-state index contributed by atoms with van der Waals surface area (Å²) in [5.41, 5.74) is 7.79. The van der Waals surface area contributed by atoms with Crippen LogP contribution in [0.3, 0.4) is 0 Å². The Balaban J connectivity index is 1.76. The number of carbonyl (C=O) groups is 2. The largest absolute Gasteiger partial charge is 0.618 e. The van der Waals surface area contributed by atoms with Crippen molar-refractivity contribution in [2.75, 3.05) is 11.1 Å². The lowest BCUT2D eigenvalue weighted by molar-refractivity contribution is -0.721. The summed E-state index contributed by atoms with van der Waals surface area (Å²) in [4.78, 5) is 26.5. The quantitative estimate of drug-likeness (QED) is 0.287. The van der Waals surface area contributed by atoms with Gasteiger partial charge in [0.1, 0.15) is 10.9 Å². The SMILES string of the molecule is CCc1cccc(Nc2cc(S(=O)(=O)[NH+]([O-])C3CC3)c(N)c3c2C(=O)c2ccccc2C3=O)c1. The lowest BCUT2D eigenvalue weighted by Crippen LogP contribution is -3.10. The average molecular weight is 478 g/mol. The van der Waals surface area contributed by atoms with Gasteiger partial charge in [-0.2, -0.15) is 8.42 Å². The third kappa shape index (κ3) is 3.49. The number of nitrogen functional groups attached to an aromatic ring is 1. The van der Waals surface area contributed by atoms with Crippen LogP contribution in [0, 0.1) is 5.21 Å². The average Bonchev–Trinajstić information content (AvgIpc) is 3.68. The van der Waals surface area contributed by atoms with Gasteiger partial charge in [0.05, 0.1) is 22.5 Å². The van der Waals surface area contributed by atoms with E-state index in [9.17, 15) is 23.2 Å². The van der Waals surface area contributed by atoms with E-state index >= 15 is 0 Å². The summed E-state index contributed by atoms with van der Waals surface area (Å²) < 4.78 is 25.5. The molecule has 3 aromatic carbocycles. The second-order valence-corrected chi connectivity index (χ2v) is 10.4. The van der Waals surface area contributed by atoms with Crippen LogP contribution in [0.25, 0.3) is 0 Å². The van der Waals surface area contributed by atoms with Crippen molar-refractivity contribution in [1.82, 2.24) is 0 Å². The molecule has 3 aromatic rings. The molecule has 0 bridgehead atoms. The maximum atomic E-state index is 13.5. The van der Waals surface area contributed by atoms with Gasteiger partial charge in [-0.25, -0.2) is 0 Å². The van der Waals surface area contributed by atoms with Crippen LogP contribution in [-0.2, 0) is 16.4 Å². The molecule has 1 saturated carbocycles. The second kappa shape index (κ2) is 8.05. The van der Waals surface area contributed by atoms with Gasteiger partial charge in [0.25, 0.3) is 0 Å².